The van der Waals surface area contributed by atoms with Crippen LogP contribution in [0.15, 0.2) is 42.5 Å². The summed E-state index contributed by atoms with van der Waals surface area (Å²) in [5, 5.41) is 17.1. The lowest BCUT2D eigenvalue weighted by molar-refractivity contribution is 0.0683. The topological polar surface area (TPSA) is 71.2 Å². The maximum Gasteiger partial charge on any atom is 0.256 e. The van der Waals surface area contributed by atoms with Gasteiger partial charge in [0.05, 0.1) is 22.2 Å². The van der Waals surface area contributed by atoms with Crippen molar-refractivity contribution in [3.63, 3.8) is 0 Å². The van der Waals surface area contributed by atoms with E-state index in [-0.39, 0.29) is 53.1 Å². The lowest BCUT2D eigenvalue weighted by atomic mass is 10.1. The van der Waals surface area contributed by atoms with Gasteiger partial charge in [-0.1, -0.05) is 29.3 Å². The summed E-state index contributed by atoms with van der Waals surface area (Å²) in [6, 6.07) is 10.1. The molecule has 1 aliphatic rings. The highest BCUT2D eigenvalue weighted by Gasteiger charge is 2.33. The molecule has 0 radical (unpaired) electrons. The smallest absolute Gasteiger partial charge is 0.256 e. The summed E-state index contributed by atoms with van der Waals surface area (Å²) >= 11 is 12.2. The Morgan fingerprint density at radius 1 is 1.19 bits per heavy atom. The van der Waals surface area contributed by atoms with E-state index in [1.807, 2.05) is 6.92 Å². The zero-order valence-corrected chi connectivity index (χ0v) is 16.0. The van der Waals surface area contributed by atoms with Crippen LogP contribution < -0.4 is 0 Å². The Bertz CT molecular complexity index is 916. The molecule has 2 N–H and O–H groups in total. The number of carbonyl (C=O) groups is 1. The molecule has 1 atom stereocenters. The fourth-order valence-corrected chi connectivity index (χ4v) is 3.34. The maximum atomic E-state index is 13.1. The predicted octanol–water partition coefficient (Wildman–Crippen LogP) is 4.28. The van der Waals surface area contributed by atoms with Gasteiger partial charge in [0.15, 0.2) is 0 Å². The molecule has 27 heavy (non-hydrogen) atoms. The molecular formula is C19H17Cl2FN4O. The molecule has 5 nitrogen and oxygen atoms in total. The van der Waals surface area contributed by atoms with Gasteiger partial charge in [-0.05, 0) is 43.3 Å². The zero-order valence-electron chi connectivity index (χ0n) is 14.5. The largest absolute Gasteiger partial charge is 0.327 e. The second-order valence-corrected chi connectivity index (χ2v) is 7.08. The van der Waals surface area contributed by atoms with Gasteiger partial charge in [0, 0.05) is 18.2 Å². The third kappa shape index (κ3) is 3.82. The standard InChI is InChI=1S/C19H17Cl2FN4O/c1-11-9-26(18(24)12-5-7-13(22)8-6-12)16(23)10-25(11)19(27)14-3-2-4-15(20)17(14)21/h2-8,11,23-24H,9-10H2,1H3. The second kappa shape index (κ2) is 7.66. The highest BCUT2D eigenvalue weighted by Crippen LogP contribution is 2.28. The Balaban J connectivity index is 1.79. The SMILES string of the molecule is CC1CN(C(=N)c2ccc(F)cc2)C(=N)CN1C(=O)c1cccc(Cl)c1Cl. The highest BCUT2D eigenvalue weighted by molar-refractivity contribution is 6.43. The summed E-state index contributed by atoms with van der Waals surface area (Å²) in [6.45, 7) is 2.15. The number of hydrogen-bond donors (Lipinski definition) is 2. The van der Waals surface area contributed by atoms with Crippen molar-refractivity contribution in [3.05, 3.63) is 69.5 Å². The van der Waals surface area contributed by atoms with E-state index in [4.69, 9.17) is 34.0 Å². The van der Waals surface area contributed by atoms with Gasteiger partial charge in [-0.2, -0.15) is 0 Å². The zero-order chi connectivity index (χ0) is 19.7. The molecule has 1 unspecified atom stereocenters. The van der Waals surface area contributed by atoms with Crippen molar-refractivity contribution in [2.24, 2.45) is 0 Å². The van der Waals surface area contributed by atoms with Gasteiger partial charge >= 0.3 is 0 Å². The van der Waals surface area contributed by atoms with Crippen LogP contribution >= 0.6 is 23.2 Å². The molecule has 0 aliphatic carbocycles. The first kappa shape index (κ1) is 19.3. The molecule has 1 amide bonds. The number of nitrogens with one attached hydrogen (secondary N) is 2. The van der Waals surface area contributed by atoms with Crippen LogP contribution in [0.25, 0.3) is 0 Å². The summed E-state index contributed by atoms with van der Waals surface area (Å²) in [6.07, 6.45) is 0. The third-order valence-corrected chi connectivity index (χ3v) is 5.27. The van der Waals surface area contributed by atoms with Crippen LogP contribution in [0, 0.1) is 16.6 Å². The molecule has 1 aliphatic heterocycles. The van der Waals surface area contributed by atoms with E-state index in [0.29, 0.717) is 10.6 Å². The van der Waals surface area contributed by atoms with Gasteiger partial charge in [0.1, 0.15) is 17.5 Å². The number of nitrogens with zero attached hydrogens (tertiary/aromatic N) is 2. The molecule has 8 heteroatoms. The number of piperazine rings is 1. The Kier molecular flexibility index (Phi) is 5.48. The van der Waals surface area contributed by atoms with Crippen molar-refractivity contribution in [2.75, 3.05) is 13.1 Å². The van der Waals surface area contributed by atoms with Crippen LogP contribution in [0.4, 0.5) is 4.39 Å². The van der Waals surface area contributed by atoms with E-state index >= 15 is 0 Å². The van der Waals surface area contributed by atoms with E-state index in [0.717, 1.165) is 0 Å². The molecule has 2 aromatic carbocycles. The van der Waals surface area contributed by atoms with Gasteiger partial charge in [-0.25, -0.2) is 4.39 Å². The fourth-order valence-electron chi connectivity index (χ4n) is 2.96. The maximum absolute atomic E-state index is 13.1. The first-order valence-electron chi connectivity index (χ1n) is 8.24. The lowest BCUT2D eigenvalue weighted by Crippen LogP contribution is -2.58. The molecule has 2 aromatic rings. The minimum atomic E-state index is -0.385. The first-order valence-corrected chi connectivity index (χ1v) is 8.99. The summed E-state index contributed by atoms with van der Waals surface area (Å²) in [4.78, 5) is 15.9. The third-order valence-electron chi connectivity index (χ3n) is 4.46. The van der Waals surface area contributed by atoms with Gasteiger partial charge in [0.25, 0.3) is 5.91 Å². The van der Waals surface area contributed by atoms with Crippen molar-refractivity contribution in [3.8, 4) is 0 Å². The molecular weight excluding hydrogens is 390 g/mol. The predicted molar refractivity (Wildman–Crippen MR) is 105 cm³/mol. The van der Waals surface area contributed by atoms with Crippen LogP contribution in [0.1, 0.15) is 22.8 Å². The summed E-state index contributed by atoms with van der Waals surface area (Å²) in [7, 11) is 0. The Morgan fingerprint density at radius 3 is 2.52 bits per heavy atom. The van der Waals surface area contributed by atoms with Crippen LogP contribution in [-0.2, 0) is 0 Å². The number of benzene rings is 2. The molecule has 3 rings (SSSR count). The Morgan fingerprint density at radius 2 is 1.85 bits per heavy atom. The highest BCUT2D eigenvalue weighted by atomic mass is 35.5. The minimum Gasteiger partial charge on any atom is -0.327 e. The monoisotopic (exact) mass is 406 g/mol. The number of rotatable bonds is 2. The van der Waals surface area contributed by atoms with E-state index in [1.54, 1.807) is 18.2 Å². The average molecular weight is 407 g/mol. The first-order chi connectivity index (χ1) is 12.8. The number of amides is 1. The van der Waals surface area contributed by atoms with E-state index in [2.05, 4.69) is 0 Å². The Labute approximate surface area is 166 Å². The lowest BCUT2D eigenvalue weighted by Gasteiger charge is -2.41. The van der Waals surface area contributed by atoms with Crippen molar-refractivity contribution >= 4 is 40.8 Å². The molecule has 1 heterocycles. The van der Waals surface area contributed by atoms with Crippen molar-refractivity contribution in [1.82, 2.24) is 9.80 Å². The minimum absolute atomic E-state index is 0.0341. The molecule has 1 fully saturated rings. The summed E-state index contributed by atoms with van der Waals surface area (Å²) < 4.78 is 13.1. The molecule has 140 valence electrons. The van der Waals surface area contributed by atoms with Crippen LogP contribution in [0.5, 0.6) is 0 Å². The van der Waals surface area contributed by atoms with E-state index in [9.17, 15) is 9.18 Å². The van der Waals surface area contributed by atoms with Gasteiger partial charge in [-0.3, -0.25) is 15.6 Å². The van der Waals surface area contributed by atoms with Crippen LogP contribution in [-0.4, -0.2) is 46.5 Å². The van der Waals surface area contributed by atoms with Gasteiger partial charge in [-0.15, -0.1) is 0 Å². The number of carbonyl (C=O) groups excluding carboxylic acids is 1. The van der Waals surface area contributed by atoms with E-state index < -0.39 is 0 Å². The quantitative estimate of drug-likeness (QED) is 0.576. The summed E-state index contributed by atoms with van der Waals surface area (Å²) in [5.41, 5.74) is 0.789. The van der Waals surface area contributed by atoms with Crippen LogP contribution in [0.2, 0.25) is 10.0 Å². The van der Waals surface area contributed by atoms with E-state index in [1.165, 1.54) is 34.1 Å². The van der Waals surface area contributed by atoms with Crippen LogP contribution in [0.3, 0.4) is 0 Å². The molecule has 1 saturated heterocycles. The normalized spacial score (nSPS) is 17.2. The number of hydrogen-bond acceptors (Lipinski definition) is 3. The molecule has 0 aromatic heterocycles. The fraction of sp³-hybridized carbons (Fsp3) is 0.211. The Hall–Kier alpha value is -2.44. The number of amidine groups is 2. The summed E-state index contributed by atoms with van der Waals surface area (Å²) in [5.74, 6) is -0.495. The molecule has 0 saturated carbocycles. The molecule has 0 spiro atoms. The van der Waals surface area contributed by atoms with Crippen molar-refractivity contribution in [2.45, 2.75) is 13.0 Å². The van der Waals surface area contributed by atoms with Gasteiger partial charge in [0.2, 0.25) is 0 Å². The van der Waals surface area contributed by atoms with Gasteiger partial charge < -0.3 is 9.80 Å². The second-order valence-electron chi connectivity index (χ2n) is 6.30. The van der Waals surface area contributed by atoms with Crippen molar-refractivity contribution < 1.29 is 9.18 Å². The number of halogens is 3. The van der Waals surface area contributed by atoms with Crippen molar-refractivity contribution in [1.29, 1.82) is 10.8 Å². The average Bonchev–Trinajstić information content (AvgIpc) is 2.65. The molecule has 0 bridgehead atoms.